The number of aromatic nitrogens is 4. The van der Waals surface area contributed by atoms with Gasteiger partial charge in [0, 0.05) is 28.8 Å². The van der Waals surface area contributed by atoms with E-state index in [1.165, 1.54) is 10.7 Å². The van der Waals surface area contributed by atoms with Crippen LogP contribution in [0.4, 0.5) is 0 Å². The Morgan fingerprint density at radius 3 is 2.42 bits per heavy atom. The first-order valence-electron chi connectivity index (χ1n) is 9.79. The highest BCUT2D eigenvalue weighted by molar-refractivity contribution is 5.85. The van der Waals surface area contributed by atoms with Crippen LogP contribution in [0.2, 0.25) is 0 Å². The summed E-state index contributed by atoms with van der Waals surface area (Å²) < 4.78 is 6.62. The number of methoxy groups -OCH3 is 1. The maximum atomic E-state index is 12.8. The summed E-state index contributed by atoms with van der Waals surface area (Å²) in [5.74, 6) is 1.18. The standard InChI is InChI=1S/C25H18N4O2/c1-31-20-11-9-17(10-12-20)21-16-19-8-5-15-26-24(19)27-25(21)29-23(30)14-13-22(28-29)18-6-3-2-4-7-18/h2-16H,1H3. The number of fused-ring (bicyclic) bond motifs is 1. The van der Waals surface area contributed by atoms with E-state index in [1.54, 1.807) is 19.4 Å². The van der Waals surface area contributed by atoms with Crippen LogP contribution >= 0.6 is 0 Å². The highest BCUT2D eigenvalue weighted by Gasteiger charge is 2.15. The van der Waals surface area contributed by atoms with Crippen LogP contribution in [0.15, 0.2) is 95.9 Å². The minimum absolute atomic E-state index is 0.266. The zero-order valence-electron chi connectivity index (χ0n) is 16.8. The average molecular weight is 406 g/mol. The fraction of sp³-hybridized carbons (Fsp3) is 0.0400. The van der Waals surface area contributed by atoms with Crippen LogP contribution in [-0.2, 0) is 0 Å². The minimum atomic E-state index is -0.266. The van der Waals surface area contributed by atoms with Crippen molar-refractivity contribution in [2.75, 3.05) is 7.11 Å². The van der Waals surface area contributed by atoms with Gasteiger partial charge in [0.2, 0.25) is 0 Å². The first-order valence-corrected chi connectivity index (χ1v) is 9.79. The molecule has 0 unspecified atom stereocenters. The van der Waals surface area contributed by atoms with Gasteiger partial charge in [-0.2, -0.15) is 9.78 Å². The topological polar surface area (TPSA) is 69.9 Å². The maximum Gasteiger partial charge on any atom is 0.272 e. The molecule has 0 bridgehead atoms. The van der Waals surface area contributed by atoms with Crippen molar-refractivity contribution in [1.82, 2.24) is 19.7 Å². The van der Waals surface area contributed by atoms with Gasteiger partial charge < -0.3 is 4.74 Å². The monoisotopic (exact) mass is 406 g/mol. The van der Waals surface area contributed by atoms with Gasteiger partial charge in [-0.25, -0.2) is 9.97 Å². The van der Waals surface area contributed by atoms with Gasteiger partial charge in [-0.15, -0.1) is 0 Å². The number of hydrogen-bond acceptors (Lipinski definition) is 5. The summed E-state index contributed by atoms with van der Waals surface area (Å²) in [5.41, 5.74) is 3.56. The van der Waals surface area contributed by atoms with Gasteiger partial charge in [0.1, 0.15) is 5.75 Å². The number of nitrogens with zero attached hydrogens (tertiary/aromatic N) is 4. The van der Waals surface area contributed by atoms with Gasteiger partial charge in [0.15, 0.2) is 11.5 Å². The SMILES string of the molecule is COc1ccc(-c2cc3cccnc3nc2-n2nc(-c3ccccc3)ccc2=O)cc1. The first-order chi connectivity index (χ1) is 15.2. The third kappa shape index (κ3) is 3.55. The lowest BCUT2D eigenvalue weighted by atomic mass is 10.0. The van der Waals surface area contributed by atoms with Gasteiger partial charge in [0.05, 0.1) is 12.8 Å². The fourth-order valence-corrected chi connectivity index (χ4v) is 3.47. The summed E-state index contributed by atoms with van der Waals surface area (Å²) in [4.78, 5) is 21.9. The molecule has 2 aromatic carbocycles. The molecule has 0 aliphatic rings. The van der Waals surface area contributed by atoms with E-state index in [0.29, 0.717) is 17.2 Å². The molecule has 0 amide bonds. The van der Waals surface area contributed by atoms with Crippen molar-refractivity contribution in [1.29, 1.82) is 0 Å². The van der Waals surface area contributed by atoms with Crippen molar-refractivity contribution < 1.29 is 4.74 Å². The molecule has 6 nitrogen and oxygen atoms in total. The molecule has 0 radical (unpaired) electrons. The molecule has 5 aromatic rings. The van der Waals surface area contributed by atoms with Gasteiger partial charge in [-0.1, -0.05) is 42.5 Å². The number of pyridine rings is 2. The van der Waals surface area contributed by atoms with Crippen LogP contribution in [0.5, 0.6) is 5.75 Å². The molecule has 0 saturated carbocycles. The first kappa shape index (κ1) is 18.7. The third-order valence-electron chi connectivity index (χ3n) is 5.04. The fourth-order valence-electron chi connectivity index (χ4n) is 3.47. The Kier molecular flexibility index (Phi) is 4.72. The molecule has 5 rings (SSSR count). The number of rotatable bonds is 4. The second-order valence-electron chi connectivity index (χ2n) is 6.97. The van der Waals surface area contributed by atoms with E-state index in [2.05, 4.69) is 10.1 Å². The van der Waals surface area contributed by atoms with E-state index < -0.39 is 0 Å². The Morgan fingerprint density at radius 2 is 1.65 bits per heavy atom. The van der Waals surface area contributed by atoms with Gasteiger partial charge in [-0.05, 0) is 42.0 Å². The summed E-state index contributed by atoms with van der Waals surface area (Å²) >= 11 is 0. The lowest BCUT2D eigenvalue weighted by Crippen LogP contribution is -2.22. The van der Waals surface area contributed by atoms with Crippen LogP contribution in [-0.4, -0.2) is 26.9 Å². The maximum absolute atomic E-state index is 12.8. The highest BCUT2D eigenvalue weighted by atomic mass is 16.5. The molecular formula is C25H18N4O2. The molecular weight excluding hydrogens is 388 g/mol. The van der Waals surface area contributed by atoms with Gasteiger partial charge in [0.25, 0.3) is 5.56 Å². The lowest BCUT2D eigenvalue weighted by Gasteiger charge is -2.13. The zero-order valence-corrected chi connectivity index (χ0v) is 16.8. The van der Waals surface area contributed by atoms with E-state index in [0.717, 1.165) is 27.8 Å². The van der Waals surface area contributed by atoms with Gasteiger partial charge >= 0.3 is 0 Å². The molecule has 0 spiro atoms. The van der Waals surface area contributed by atoms with Crippen molar-refractivity contribution in [3.63, 3.8) is 0 Å². The van der Waals surface area contributed by atoms with Crippen LogP contribution in [0.25, 0.3) is 39.2 Å². The summed E-state index contributed by atoms with van der Waals surface area (Å²) in [6.45, 7) is 0. The van der Waals surface area contributed by atoms with E-state index >= 15 is 0 Å². The number of ether oxygens (including phenoxy) is 1. The molecule has 3 heterocycles. The Hall–Kier alpha value is -4.32. The predicted molar refractivity (Wildman–Crippen MR) is 120 cm³/mol. The largest absolute Gasteiger partial charge is 0.497 e. The molecule has 0 fully saturated rings. The molecule has 150 valence electrons. The van der Waals surface area contributed by atoms with E-state index in [4.69, 9.17) is 9.72 Å². The molecule has 31 heavy (non-hydrogen) atoms. The van der Waals surface area contributed by atoms with Crippen molar-refractivity contribution in [2.24, 2.45) is 0 Å². The summed E-state index contributed by atoms with van der Waals surface area (Å²) in [7, 11) is 1.63. The lowest BCUT2D eigenvalue weighted by molar-refractivity contribution is 0.415. The van der Waals surface area contributed by atoms with E-state index in [1.807, 2.05) is 72.8 Å². The van der Waals surface area contributed by atoms with Crippen LogP contribution in [0, 0.1) is 0 Å². The molecule has 6 heteroatoms. The zero-order chi connectivity index (χ0) is 21.2. The third-order valence-corrected chi connectivity index (χ3v) is 5.04. The van der Waals surface area contributed by atoms with Crippen molar-refractivity contribution in [2.45, 2.75) is 0 Å². The number of benzene rings is 2. The quantitative estimate of drug-likeness (QED) is 0.439. The van der Waals surface area contributed by atoms with E-state index in [-0.39, 0.29) is 5.56 Å². The molecule has 3 aromatic heterocycles. The smallest absolute Gasteiger partial charge is 0.272 e. The second kappa shape index (κ2) is 7.84. The summed E-state index contributed by atoms with van der Waals surface area (Å²) in [6.07, 6.45) is 1.68. The minimum Gasteiger partial charge on any atom is -0.497 e. The molecule has 0 aliphatic carbocycles. The molecule has 0 atom stereocenters. The van der Waals surface area contributed by atoms with Crippen molar-refractivity contribution in [3.05, 3.63) is 101 Å². The normalized spacial score (nSPS) is 10.9. The Bertz CT molecular complexity index is 1430. The average Bonchev–Trinajstić information content (AvgIpc) is 2.84. The van der Waals surface area contributed by atoms with E-state index in [9.17, 15) is 4.79 Å². The number of hydrogen-bond donors (Lipinski definition) is 0. The Balaban J connectivity index is 1.76. The Morgan fingerprint density at radius 1 is 0.839 bits per heavy atom. The van der Waals surface area contributed by atoms with Crippen LogP contribution in [0.1, 0.15) is 0 Å². The summed E-state index contributed by atoms with van der Waals surface area (Å²) in [5, 5.41) is 5.51. The molecule has 0 aliphatic heterocycles. The predicted octanol–water partition coefficient (Wildman–Crippen LogP) is 4.52. The second-order valence-corrected chi connectivity index (χ2v) is 6.97. The van der Waals surface area contributed by atoms with Crippen LogP contribution < -0.4 is 10.3 Å². The van der Waals surface area contributed by atoms with Crippen LogP contribution in [0.3, 0.4) is 0 Å². The molecule has 0 N–H and O–H groups in total. The van der Waals surface area contributed by atoms with Crippen molar-refractivity contribution >= 4 is 11.0 Å². The van der Waals surface area contributed by atoms with Gasteiger partial charge in [-0.3, -0.25) is 4.79 Å². The van der Waals surface area contributed by atoms with Crippen molar-refractivity contribution in [3.8, 4) is 34.0 Å². The highest BCUT2D eigenvalue weighted by Crippen LogP contribution is 2.29. The summed E-state index contributed by atoms with van der Waals surface area (Å²) in [6, 6.07) is 26.4. The Labute approximate surface area is 178 Å². The molecule has 0 saturated heterocycles.